The second kappa shape index (κ2) is 5.13. The maximum absolute atomic E-state index is 11.8. The van der Waals surface area contributed by atoms with Crippen LogP contribution >= 0.6 is 11.8 Å². The molecule has 1 aromatic carbocycles. The van der Waals surface area contributed by atoms with E-state index >= 15 is 0 Å². The van der Waals surface area contributed by atoms with Gasteiger partial charge in [-0.1, -0.05) is 55.9 Å². The molecule has 0 aromatic heterocycles. The molecule has 0 spiro atoms. The number of carbonyl (C=O) groups excluding carboxylic acids is 1. The lowest BCUT2D eigenvalue weighted by atomic mass is 9.85. The summed E-state index contributed by atoms with van der Waals surface area (Å²) in [6.07, 6.45) is 0.967. The Hall–Kier alpha value is -0.960. The average Bonchev–Trinajstić information content (AvgIpc) is 2.27. The smallest absolute Gasteiger partial charge is 0.281 e. The quantitative estimate of drug-likeness (QED) is 0.818. The van der Waals surface area contributed by atoms with Crippen molar-refractivity contribution in [3.05, 3.63) is 35.9 Å². The summed E-state index contributed by atoms with van der Waals surface area (Å²) < 4.78 is 0. The molecule has 0 aliphatic carbocycles. The summed E-state index contributed by atoms with van der Waals surface area (Å²) in [6, 6.07) is 10.3. The van der Waals surface area contributed by atoms with Gasteiger partial charge in [-0.25, -0.2) is 0 Å². The lowest BCUT2D eigenvalue weighted by Gasteiger charge is -2.45. The zero-order chi connectivity index (χ0) is 12.3. The van der Waals surface area contributed by atoms with Gasteiger partial charge < -0.3 is 4.90 Å². The molecule has 2 nitrogen and oxygen atoms in total. The standard InChI is InChI=1S/C14H19NOS/c1-14(2)10-15(11-14)13(16)17-9-8-12-6-4-3-5-7-12/h3-7H,8-11H2,1-2H3. The van der Waals surface area contributed by atoms with Gasteiger partial charge in [0.2, 0.25) is 0 Å². The number of rotatable bonds is 3. The van der Waals surface area contributed by atoms with Gasteiger partial charge in [0.05, 0.1) is 0 Å². The van der Waals surface area contributed by atoms with E-state index in [1.165, 1.54) is 17.3 Å². The van der Waals surface area contributed by atoms with Crippen LogP contribution in [-0.2, 0) is 6.42 Å². The topological polar surface area (TPSA) is 20.3 Å². The molecule has 17 heavy (non-hydrogen) atoms. The minimum atomic E-state index is 0.236. The van der Waals surface area contributed by atoms with Crippen LogP contribution in [0.1, 0.15) is 19.4 Å². The highest BCUT2D eigenvalue weighted by atomic mass is 32.2. The minimum Gasteiger partial charge on any atom is -0.332 e. The molecule has 3 heteroatoms. The average molecular weight is 249 g/mol. The van der Waals surface area contributed by atoms with Crippen LogP contribution in [0.25, 0.3) is 0 Å². The van der Waals surface area contributed by atoms with Crippen molar-refractivity contribution in [2.75, 3.05) is 18.8 Å². The van der Waals surface area contributed by atoms with E-state index in [1.54, 1.807) is 0 Å². The maximum atomic E-state index is 11.8. The number of aryl methyl sites for hydroxylation is 1. The Balaban J connectivity index is 1.68. The molecule has 0 unspecified atom stereocenters. The van der Waals surface area contributed by atoms with Gasteiger partial charge in [0, 0.05) is 18.8 Å². The summed E-state index contributed by atoms with van der Waals surface area (Å²) >= 11 is 1.44. The lowest BCUT2D eigenvalue weighted by molar-refractivity contribution is 0.0752. The molecule has 0 radical (unpaired) electrons. The molecule has 1 heterocycles. The van der Waals surface area contributed by atoms with Crippen molar-refractivity contribution in [1.29, 1.82) is 0 Å². The first kappa shape index (κ1) is 12.5. The molecule has 2 rings (SSSR count). The Morgan fingerprint density at radius 3 is 2.53 bits per heavy atom. The van der Waals surface area contributed by atoms with E-state index in [0.29, 0.717) is 5.41 Å². The van der Waals surface area contributed by atoms with Crippen LogP contribution in [0.5, 0.6) is 0 Å². The predicted molar refractivity (Wildman–Crippen MR) is 73.4 cm³/mol. The molecule has 1 aromatic rings. The van der Waals surface area contributed by atoms with Crippen molar-refractivity contribution < 1.29 is 4.79 Å². The summed E-state index contributed by atoms with van der Waals surface area (Å²) in [6.45, 7) is 6.21. The molecule has 0 N–H and O–H groups in total. The van der Waals surface area contributed by atoms with Crippen molar-refractivity contribution in [2.24, 2.45) is 5.41 Å². The van der Waals surface area contributed by atoms with E-state index < -0.39 is 0 Å². The first-order valence-corrected chi connectivity index (χ1v) is 7.01. The van der Waals surface area contributed by atoms with Gasteiger partial charge >= 0.3 is 0 Å². The van der Waals surface area contributed by atoms with E-state index in [9.17, 15) is 4.79 Å². The van der Waals surface area contributed by atoms with Crippen molar-refractivity contribution in [2.45, 2.75) is 20.3 Å². The van der Waals surface area contributed by atoms with Gasteiger partial charge in [-0.05, 0) is 17.4 Å². The molecule has 1 aliphatic rings. The summed E-state index contributed by atoms with van der Waals surface area (Å²) in [4.78, 5) is 13.7. The van der Waals surface area contributed by atoms with E-state index in [0.717, 1.165) is 25.3 Å². The third-order valence-electron chi connectivity index (χ3n) is 2.96. The number of benzene rings is 1. The number of amides is 1. The monoisotopic (exact) mass is 249 g/mol. The molecule has 0 bridgehead atoms. The highest BCUT2D eigenvalue weighted by Crippen LogP contribution is 2.31. The van der Waals surface area contributed by atoms with Gasteiger partial charge in [-0.15, -0.1) is 0 Å². The van der Waals surface area contributed by atoms with Crippen LogP contribution in [0.4, 0.5) is 4.79 Å². The van der Waals surface area contributed by atoms with Gasteiger partial charge in [0.1, 0.15) is 0 Å². The molecule has 1 aliphatic heterocycles. The zero-order valence-electron chi connectivity index (χ0n) is 10.5. The van der Waals surface area contributed by atoms with Crippen LogP contribution in [0, 0.1) is 5.41 Å². The Morgan fingerprint density at radius 1 is 1.29 bits per heavy atom. The van der Waals surface area contributed by atoms with Gasteiger partial charge in [0.15, 0.2) is 0 Å². The highest BCUT2D eigenvalue weighted by molar-refractivity contribution is 8.13. The second-order valence-corrected chi connectivity index (χ2v) is 6.42. The molecule has 0 atom stereocenters. The van der Waals surface area contributed by atoms with Gasteiger partial charge in [-0.3, -0.25) is 4.79 Å². The minimum absolute atomic E-state index is 0.236. The Kier molecular flexibility index (Phi) is 3.77. The van der Waals surface area contributed by atoms with Crippen LogP contribution in [0.15, 0.2) is 30.3 Å². The Labute approximate surface area is 107 Å². The first-order chi connectivity index (χ1) is 8.07. The van der Waals surface area contributed by atoms with Crippen molar-refractivity contribution in [1.82, 2.24) is 4.90 Å². The van der Waals surface area contributed by atoms with E-state index in [1.807, 2.05) is 23.1 Å². The van der Waals surface area contributed by atoms with Crippen molar-refractivity contribution >= 4 is 17.0 Å². The van der Waals surface area contributed by atoms with Crippen LogP contribution in [0.3, 0.4) is 0 Å². The first-order valence-electron chi connectivity index (χ1n) is 6.02. The fraction of sp³-hybridized carbons (Fsp3) is 0.500. The SMILES string of the molecule is CC1(C)CN(C(=O)SCCc2ccccc2)C1. The number of hydrogen-bond donors (Lipinski definition) is 0. The molecule has 1 saturated heterocycles. The van der Waals surface area contributed by atoms with Gasteiger partial charge in [0.25, 0.3) is 5.24 Å². The second-order valence-electron chi connectivity index (χ2n) is 5.37. The Morgan fingerprint density at radius 2 is 1.94 bits per heavy atom. The third-order valence-corrected chi connectivity index (χ3v) is 3.87. The molecule has 92 valence electrons. The van der Waals surface area contributed by atoms with E-state index in [4.69, 9.17) is 0 Å². The summed E-state index contributed by atoms with van der Waals surface area (Å²) in [5.74, 6) is 0.875. The van der Waals surface area contributed by atoms with E-state index in [-0.39, 0.29) is 5.24 Å². The zero-order valence-corrected chi connectivity index (χ0v) is 11.3. The molecular formula is C14H19NOS. The molecule has 1 amide bonds. The maximum Gasteiger partial charge on any atom is 0.281 e. The van der Waals surface area contributed by atoms with Crippen LogP contribution in [-0.4, -0.2) is 29.0 Å². The van der Waals surface area contributed by atoms with E-state index in [2.05, 4.69) is 26.0 Å². The predicted octanol–water partition coefficient (Wildman–Crippen LogP) is 3.42. The van der Waals surface area contributed by atoms with Crippen LogP contribution < -0.4 is 0 Å². The normalized spacial score (nSPS) is 17.6. The number of carbonyl (C=O) groups is 1. The largest absolute Gasteiger partial charge is 0.332 e. The van der Waals surface area contributed by atoms with Crippen molar-refractivity contribution in [3.63, 3.8) is 0 Å². The third kappa shape index (κ3) is 3.50. The number of thioether (sulfide) groups is 1. The van der Waals surface area contributed by atoms with Crippen molar-refractivity contribution in [3.8, 4) is 0 Å². The molecule has 1 fully saturated rings. The molecular weight excluding hydrogens is 230 g/mol. The number of hydrogen-bond acceptors (Lipinski definition) is 2. The fourth-order valence-electron chi connectivity index (χ4n) is 2.11. The lowest BCUT2D eigenvalue weighted by Crippen LogP contribution is -2.54. The Bertz CT molecular complexity index is 380. The molecule has 0 saturated carbocycles. The van der Waals surface area contributed by atoms with Gasteiger partial charge in [-0.2, -0.15) is 0 Å². The summed E-state index contributed by atoms with van der Waals surface area (Å²) in [5.41, 5.74) is 1.63. The van der Waals surface area contributed by atoms with Crippen LogP contribution in [0.2, 0.25) is 0 Å². The number of nitrogens with zero attached hydrogens (tertiary/aromatic N) is 1. The summed E-state index contributed by atoms with van der Waals surface area (Å²) in [5, 5.41) is 0.236. The summed E-state index contributed by atoms with van der Waals surface area (Å²) in [7, 11) is 0. The number of likely N-dealkylation sites (tertiary alicyclic amines) is 1. The fourth-order valence-corrected chi connectivity index (χ4v) is 2.93. The highest BCUT2D eigenvalue weighted by Gasteiger charge is 2.36.